The highest BCUT2D eigenvalue weighted by atomic mass is 16.6. The van der Waals surface area contributed by atoms with Crippen LogP contribution in [0.4, 0.5) is 5.69 Å². The lowest BCUT2D eigenvalue weighted by Crippen LogP contribution is -2.56. The Kier molecular flexibility index (Phi) is 8.73. The van der Waals surface area contributed by atoms with Gasteiger partial charge in [0.25, 0.3) is 5.91 Å². The fourth-order valence-corrected chi connectivity index (χ4v) is 5.06. The number of fused-ring (bicyclic) bond motifs is 1. The number of rotatable bonds is 8. The Labute approximate surface area is 228 Å². The minimum Gasteiger partial charge on any atom is -0.390 e. The maximum atomic E-state index is 12.8. The topological polar surface area (TPSA) is 131 Å². The summed E-state index contributed by atoms with van der Waals surface area (Å²) in [6.07, 6.45) is -3.07. The molecule has 0 aliphatic carbocycles. The molecule has 0 saturated carbocycles. The molecule has 1 aliphatic heterocycles. The van der Waals surface area contributed by atoms with E-state index in [2.05, 4.69) is 60.5 Å². The van der Waals surface area contributed by atoms with Crippen molar-refractivity contribution in [3.05, 3.63) is 59.8 Å². The van der Waals surface area contributed by atoms with Gasteiger partial charge >= 0.3 is 0 Å². The van der Waals surface area contributed by atoms with Crippen LogP contribution in [-0.2, 0) is 16.6 Å². The standard InChI is InChI=1S/C30H36N4O5/c1-5-34(6-2)24-10-9-19-13-21(8-7-20(19)14-24)26-12-11-23(33(26)4)15-22(16-31)29(37)32-17-25-28(36)27(35)18(3)39-30(25)38/h7-15,18,25,27-28,30,35-36,38H,5-6,17H2,1-4H3,(H,32,37)/b22-15+/t18-,25-,27?,28+,30-/m0/s1. The second-order valence-electron chi connectivity index (χ2n) is 9.88. The fourth-order valence-electron chi connectivity index (χ4n) is 5.06. The van der Waals surface area contributed by atoms with Gasteiger partial charge in [-0.25, -0.2) is 0 Å². The van der Waals surface area contributed by atoms with Gasteiger partial charge in [0, 0.05) is 43.8 Å². The minimum atomic E-state index is -1.35. The molecule has 0 bridgehead atoms. The van der Waals surface area contributed by atoms with E-state index in [0.29, 0.717) is 5.69 Å². The van der Waals surface area contributed by atoms with Crippen molar-refractivity contribution >= 4 is 28.4 Å². The van der Waals surface area contributed by atoms with Gasteiger partial charge < -0.3 is 34.8 Å². The first-order valence-electron chi connectivity index (χ1n) is 13.2. The number of carbonyl (C=O) groups excluding carboxylic acids is 1. The molecular formula is C30H36N4O5. The first-order valence-corrected chi connectivity index (χ1v) is 13.2. The molecule has 3 aromatic rings. The number of aliphatic hydroxyl groups excluding tert-OH is 3. The summed E-state index contributed by atoms with van der Waals surface area (Å²) in [5, 5.41) is 44.9. The van der Waals surface area contributed by atoms with Gasteiger partial charge in [0.2, 0.25) is 0 Å². The van der Waals surface area contributed by atoms with Crippen molar-refractivity contribution in [2.24, 2.45) is 13.0 Å². The van der Waals surface area contributed by atoms with Crippen LogP contribution in [0.1, 0.15) is 26.5 Å². The summed E-state index contributed by atoms with van der Waals surface area (Å²) in [5.41, 5.74) is 3.68. The summed E-state index contributed by atoms with van der Waals surface area (Å²) in [5.74, 6) is -1.58. The quantitative estimate of drug-likeness (QED) is 0.259. The van der Waals surface area contributed by atoms with E-state index >= 15 is 0 Å². The summed E-state index contributed by atoms with van der Waals surface area (Å²) >= 11 is 0. The molecule has 0 spiro atoms. The number of amides is 1. The number of aliphatic hydroxyl groups is 3. The monoisotopic (exact) mass is 532 g/mol. The normalized spacial score (nSPS) is 23.4. The largest absolute Gasteiger partial charge is 0.390 e. The molecule has 1 aromatic heterocycles. The first kappa shape index (κ1) is 28.3. The van der Waals surface area contributed by atoms with Crippen LogP contribution in [0.25, 0.3) is 28.1 Å². The molecule has 4 rings (SSSR count). The van der Waals surface area contributed by atoms with Crippen molar-refractivity contribution in [1.29, 1.82) is 5.26 Å². The molecule has 2 aromatic carbocycles. The van der Waals surface area contributed by atoms with E-state index < -0.39 is 36.4 Å². The van der Waals surface area contributed by atoms with E-state index in [4.69, 9.17) is 4.74 Å². The Morgan fingerprint density at radius 1 is 1.08 bits per heavy atom. The van der Waals surface area contributed by atoms with E-state index in [1.54, 1.807) is 0 Å². The van der Waals surface area contributed by atoms with E-state index in [9.17, 15) is 25.4 Å². The fraction of sp³-hybridized carbons (Fsp3) is 0.400. The van der Waals surface area contributed by atoms with Gasteiger partial charge in [0.15, 0.2) is 6.29 Å². The Balaban J connectivity index is 1.51. The van der Waals surface area contributed by atoms with Gasteiger partial charge in [-0.3, -0.25) is 4.79 Å². The van der Waals surface area contributed by atoms with Crippen LogP contribution >= 0.6 is 0 Å². The third kappa shape index (κ3) is 5.84. The van der Waals surface area contributed by atoms with Crippen LogP contribution in [0.15, 0.2) is 54.1 Å². The second kappa shape index (κ2) is 12.0. The summed E-state index contributed by atoms with van der Waals surface area (Å²) in [6, 6.07) is 18.5. The van der Waals surface area contributed by atoms with E-state index in [1.165, 1.54) is 18.7 Å². The van der Waals surface area contributed by atoms with Gasteiger partial charge in [-0.1, -0.05) is 18.2 Å². The van der Waals surface area contributed by atoms with Gasteiger partial charge in [0.1, 0.15) is 17.7 Å². The third-order valence-corrected chi connectivity index (χ3v) is 7.55. The van der Waals surface area contributed by atoms with Crippen molar-refractivity contribution in [3.63, 3.8) is 0 Å². The van der Waals surface area contributed by atoms with Crippen molar-refractivity contribution in [2.45, 2.75) is 45.4 Å². The lowest BCUT2D eigenvalue weighted by atomic mass is 9.91. The number of carbonyl (C=O) groups is 1. The maximum Gasteiger partial charge on any atom is 0.262 e. The molecule has 1 unspecified atom stereocenters. The van der Waals surface area contributed by atoms with Crippen molar-refractivity contribution in [2.75, 3.05) is 24.5 Å². The third-order valence-electron chi connectivity index (χ3n) is 7.55. The number of hydrogen-bond acceptors (Lipinski definition) is 7. The lowest BCUT2D eigenvalue weighted by molar-refractivity contribution is -0.257. The molecule has 9 nitrogen and oxygen atoms in total. The number of ether oxygens (including phenoxy) is 1. The van der Waals surface area contributed by atoms with Crippen LogP contribution in [0.3, 0.4) is 0 Å². The zero-order chi connectivity index (χ0) is 28.3. The number of anilines is 1. The molecule has 5 atom stereocenters. The molecule has 9 heteroatoms. The smallest absolute Gasteiger partial charge is 0.262 e. The van der Waals surface area contributed by atoms with Gasteiger partial charge in [-0.2, -0.15) is 5.26 Å². The SMILES string of the molecule is CCN(CC)c1ccc2cc(-c3ccc(/C=C(\C#N)C(=O)NC[C@@H]4[C@@H](O)O[C@@H](C)C(O)[C@@H]4O)n3C)ccc2c1. The van der Waals surface area contributed by atoms with Crippen molar-refractivity contribution in [1.82, 2.24) is 9.88 Å². The summed E-state index contributed by atoms with van der Waals surface area (Å²) in [7, 11) is 1.87. The highest BCUT2D eigenvalue weighted by Crippen LogP contribution is 2.29. The molecule has 1 aliphatic rings. The lowest BCUT2D eigenvalue weighted by Gasteiger charge is -2.39. The molecule has 1 fully saturated rings. The predicted octanol–water partition coefficient (Wildman–Crippen LogP) is 2.79. The summed E-state index contributed by atoms with van der Waals surface area (Å²) in [4.78, 5) is 15.1. The van der Waals surface area contributed by atoms with E-state index in [0.717, 1.165) is 35.1 Å². The minimum absolute atomic E-state index is 0.125. The molecule has 39 heavy (non-hydrogen) atoms. The van der Waals surface area contributed by atoms with Gasteiger partial charge in [-0.05, 0) is 73.5 Å². The highest BCUT2D eigenvalue weighted by Gasteiger charge is 2.42. The Morgan fingerprint density at radius 3 is 2.46 bits per heavy atom. The second-order valence-corrected chi connectivity index (χ2v) is 9.88. The summed E-state index contributed by atoms with van der Waals surface area (Å²) < 4.78 is 7.13. The molecule has 0 radical (unpaired) electrons. The van der Waals surface area contributed by atoms with Gasteiger partial charge in [0.05, 0.1) is 18.1 Å². The molecule has 2 heterocycles. The summed E-state index contributed by atoms with van der Waals surface area (Å²) in [6.45, 7) is 7.55. The Bertz CT molecular complexity index is 1400. The molecule has 1 saturated heterocycles. The Morgan fingerprint density at radius 2 is 1.77 bits per heavy atom. The van der Waals surface area contributed by atoms with Crippen molar-refractivity contribution < 1.29 is 24.9 Å². The molecular weight excluding hydrogens is 496 g/mol. The average molecular weight is 533 g/mol. The van der Waals surface area contributed by atoms with Crippen LogP contribution in [0.5, 0.6) is 0 Å². The van der Waals surface area contributed by atoms with Gasteiger partial charge in [-0.15, -0.1) is 0 Å². The zero-order valence-electron chi connectivity index (χ0n) is 22.7. The predicted molar refractivity (Wildman–Crippen MR) is 151 cm³/mol. The van der Waals surface area contributed by atoms with E-state index in [1.807, 2.05) is 29.8 Å². The highest BCUT2D eigenvalue weighted by molar-refractivity contribution is 6.01. The average Bonchev–Trinajstić information content (AvgIpc) is 3.30. The first-order chi connectivity index (χ1) is 18.7. The van der Waals surface area contributed by atoms with Crippen LogP contribution in [-0.4, -0.2) is 70.0 Å². The molecule has 206 valence electrons. The van der Waals surface area contributed by atoms with E-state index in [-0.39, 0.29) is 12.1 Å². The molecule has 1 amide bonds. The van der Waals surface area contributed by atoms with Crippen LogP contribution in [0.2, 0.25) is 0 Å². The number of hydrogen-bond donors (Lipinski definition) is 4. The van der Waals surface area contributed by atoms with Crippen LogP contribution < -0.4 is 10.2 Å². The van der Waals surface area contributed by atoms with Crippen molar-refractivity contribution in [3.8, 4) is 17.3 Å². The zero-order valence-corrected chi connectivity index (χ0v) is 22.7. The number of benzene rings is 2. The number of nitrogens with one attached hydrogen (secondary N) is 1. The molecule has 4 N–H and O–H groups in total. The maximum absolute atomic E-state index is 12.8. The van der Waals surface area contributed by atoms with Crippen LogP contribution in [0, 0.1) is 17.2 Å². The number of nitrogens with zero attached hydrogens (tertiary/aromatic N) is 3. The number of nitriles is 1. The Hall–Kier alpha value is -3.68. The number of aromatic nitrogens is 1.